The highest BCUT2D eigenvalue weighted by atomic mass is 32.1. The van der Waals surface area contributed by atoms with E-state index in [0.29, 0.717) is 125 Å². The lowest BCUT2D eigenvalue weighted by Crippen LogP contribution is -2.33. The Morgan fingerprint density at radius 1 is 0.547 bits per heavy atom. The van der Waals surface area contributed by atoms with Gasteiger partial charge in [-0.05, 0) is 318 Å². The number of ether oxygens (including phenoxy) is 3. The zero-order valence-electron chi connectivity index (χ0n) is 85.4. The molecule has 33 nitrogen and oxygen atoms in total. The second-order valence-corrected chi connectivity index (χ2v) is 41.2. The molecule has 7 aliphatic rings. The molecule has 17 heterocycles. The first-order chi connectivity index (χ1) is 73.4. The van der Waals surface area contributed by atoms with E-state index >= 15 is 0 Å². The van der Waals surface area contributed by atoms with Gasteiger partial charge < -0.3 is 70.2 Å². The Hall–Kier alpha value is -15.5. The molecule has 0 spiro atoms. The maximum atomic E-state index is 13.7. The van der Waals surface area contributed by atoms with Crippen LogP contribution in [0.15, 0.2) is 255 Å². The number of nitrogens with zero attached hydrogens (tertiary/aromatic N) is 18. The summed E-state index contributed by atoms with van der Waals surface area (Å²) in [6.07, 6.45) is 37.8. The van der Waals surface area contributed by atoms with Crippen LogP contribution in [0.5, 0.6) is 11.5 Å². The van der Waals surface area contributed by atoms with Gasteiger partial charge in [-0.1, -0.05) is 48.4 Å². The van der Waals surface area contributed by atoms with Crippen LogP contribution in [0.3, 0.4) is 0 Å². The number of rotatable bonds is 30. The van der Waals surface area contributed by atoms with Crippen LogP contribution in [0.25, 0.3) is 55.5 Å². The number of nitrogens with one attached hydrogen (secondary N) is 7. The zero-order valence-corrected chi connectivity index (χ0v) is 86.2. The summed E-state index contributed by atoms with van der Waals surface area (Å²) in [5.74, 6) is 8.86. The molecular weight excluding hydrogens is 1900 g/mol. The highest BCUT2D eigenvalue weighted by Crippen LogP contribution is 2.46. The van der Waals surface area contributed by atoms with E-state index < -0.39 is 0 Å². The molecule has 13 aromatic heterocycles. The lowest BCUT2D eigenvalue weighted by molar-refractivity contribution is 0.0277. The minimum atomic E-state index is -0.260. The van der Waals surface area contributed by atoms with E-state index in [-0.39, 0.29) is 46.7 Å². The van der Waals surface area contributed by atoms with Gasteiger partial charge in [0, 0.05) is 171 Å². The molecule has 768 valence electrons. The minimum Gasteiger partial charge on any atom is -0.489 e. The second-order valence-electron chi connectivity index (χ2n) is 39.9. The predicted molar refractivity (Wildman–Crippen MR) is 590 cm³/mol. The summed E-state index contributed by atoms with van der Waals surface area (Å²) >= 11 is 1.85. The molecule has 0 bridgehead atoms. The molecule has 4 unspecified atom stereocenters. The van der Waals surface area contributed by atoms with Crippen molar-refractivity contribution in [3.05, 3.63) is 339 Å². The number of thiophene rings is 1. The monoisotopic (exact) mass is 2030 g/mol. The summed E-state index contributed by atoms with van der Waals surface area (Å²) < 4.78 is 34.1. The maximum absolute atomic E-state index is 13.7. The van der Waals surface area contributed by atoms with Crippen molar-refractivity contribution in [2.24, 2.45) is 0 Å². The molecule has 17 aromatic rings. The Balaban J connectivity index is 0.000000117. The van der Waals surface area contributed by atoms with Crippen LogP contribution in [0.4, 0.5) is 46.5 Å². The van der Waals surface area contributed by atoms with Gasteiger partial charge >= 0.3 is 0 Å². The number of anilines is 8. The van der Waals surface area contributed by atoms with Crippen molar-refractivity contribution >= 4 is 108 Å². The van der Waals surface area contributed by atoms with Crippen molar-refractivity contribution in [1.82, 2.24) is 103 Å². The number of pyridine rings is 5. The fraction of sp³-hybridized carbons (Fsp3) is 0.345. The van der Waals surface area contributed by atoms with E-state index in [1.54, 1.807) is 86.1 Å². The number of terminal acetylenes is 1. The number of fused-ring (bicyclic) bond motifs is 4. The molecule has 4 aliphatic heterocycles. The predicted octanol–water partition coefficient (Wildman–Crippen LogP) is 18.2. The van der Waals surface area contributed by atoms with Crippen molar-refractivity contribution in [2.75, 3.05) is 115 Å². The van der Waals surface area contributed by atoms with Gasteiger partial charge in [0.15, 0.2) is 5.75 Å². The molecule has 0 radical (unpaired) electrons. The number of aromatic nitrogens is 16. The Morgan fingerprint density at radius 3 is 1.75 bits per heavy atom. The largest absolute Gasteiger partial charge is 0.489 e. The van der Waals surface area contributed by atoms with Crippen molar-refractivity contribution in [3.63, 3.8) is 0 Å². The average Bonchev–Trinajstić information content (AvgIpc) is 1.49. The quantitative estimate of drug-likeness (QED) is 0.0206. The normalized spacial score (nSPS) is 17.1. The number of likely N-dealkylation sites (tertiary alicyclic amines) is 2. The van der Waals surface area contributed by atoms with Crippen LogP contribution < -0.4 is 68.9 Å². The van der Waals surface area contributed by atoms with Crippen molar-refractivity contribution in [1.29, 1.82) is 0 Å². The molecule has 0 amide bonds. The number of hydrogen-bond acceptors (Lipinski definition) is 28. The number of furan rings is 1. The average molecular weight is 2030 g/mol. The second kappa shape index (κ2) is 46.1. The number of aryl methyl sites for hydroxylation is 1. The first kappa shape index (κ1) is 100. The SMILES string of the molecule is C#Cc1cc2cnc(Nc3ccc(C4CNCCO4)cc3)nc2n(Cc2cccn2C2=CCCC2)c1=O.CCOc1cc2cnc(Nc3ccc(C4CCN(C)CC4)cc3)nc2n(Cc2ccnn2-c2ccncc2)c1=O.CN1CCCC(c2ccc(Nc3ncc4cc(C5CC5)c(=O)n(Cc5ccoc5C5CCNC5)c4n3)cc2)C1.CNCC(C)Oc1ccc(Nc2ncc3ccc(=O)n(Cc4cc(C)sc4C4CC4)c3n2)cc1. The van der Waals surface area contributed by atoms with E-state index in [2.05, 4.69) is 169 Å². The minimum absolute atomic E-state index is 0.0492. The molecule has 4 aromatic carbocycles. The van der Waals surface area contributed by atoms with E-state index in [1.807, 2.05) is 140 Å². The van der Waals surface area contributed by atoms with Crippen LogP contribution in [-0.4, -0.2) is 187 Å². The molecule has 150 heavy (non-hydrogen) atoms. The van der Waals surface area contributed by atoms with Gasteiger partial charge in [-0.2, -0.15) is 25.0 Å². The molecule has 6 fully saturated rings. The molecular formula is C116H125N25O8S. The standard InChI is InChI=1S/C31H36N6O2.C30H32N8O2.C29H28N6O2.C26H29N5O2S/c1-36-13-2-3-23(18-36)20-6-8-26(9-7-20)34-31-33-17-25-15-27(21-4-5-21)30(38)37(29(25)35-31)19-24-11-14-39-28(24)22-10-12-32-16-22;1-3-40-27-18-23-19-32-30(34-24-6-4-21(5-7-24)22-11-16-36(2)17-12-22)35-28(23)37(29(27)39)20-26-10-15-33-38(26)25-8-13-31-14-9-25;1-2-20-16-22-17-31-29(32-23-11-9-21(10-12-23)26-18-30-13-15-37-26)33-27(22)35(28(20)36)19-25-8-5-14-34(25)24-6-3-4-7-24;1-16(13-27-3)33-22-9-7-21(8-10-22)29-26-28-14-19-6-11-23(32)31(25(19)30-26)15-20-12-17(2)34-24(20)18-4-5-18/h6-9,11,14-15,17,21-23,32H,2-5,10,12-13,16,18-19H2,1H3,(H,33,34,35);4-10,13-15,18-19,22H,3,11-12,16-17,20H2,1-2H3,(H,32,34,35);1,5-6,8-12,14,16-17,26,30H,3-4,7,13,15,18-19H2,(H,31,32,33);6-12,14,16,18,27H,4-5,13,15H2,1-3H3,(H,28,29,30). The maximum Gasteiger partial charge on any atom is 0.294 e. The van der Waals surface area contributed by atoms with E-state index in [9.17, 15) is 19.2 Å². The van der Waals surface area contributed by atoms with E-state index in [1.165, 1.54) is 77.2 Å². The Morgan fingerprint density at radius 2 is 1.15 bits per heavy atom. The highest BCUT2D eigenvalue weighted by Gasteiger charge is 2.33. The lowest BCUT2D eigenvalue weighted by atomic mass is 9.89. The molecule has 7 N–H and O–H groups in total. The summed E-state index contributed by atoms with van der Waals surface area (Å²) in [5.41, 5.74) is 16.6. The third-order valence-electron chi connectivity index (χ3n) is 28.9. The van der Waals surface area contributed by atoms with Crippen LogP contribution in [0, 0.1) is 19.3 Å². The van der Waals surface area contributed by atoms with E-state index in [4.69, 9.17) is 45.0 Å². The topological polar surface area (TPSA) is 358 Å². The van der Waals surface area contributed by atoms with Gasteiger partial charge in [0.2, 0.25) is 23.8 Å². The smallest absolute Gasteiger partial charge is 0.294 e. The van der Waals surface area contributed by atoms with Crippen LogP contribution >= 0.6 is 11.3 Å². The molecule has 4 atom stereocenters. The number of hydrogen-bond donors (Lipinski definition) is 7. The Bertz CT molecular complexity index is 7980. The van der Waals surface area contributed by atoms with E-state index in [0.717, 1.165) is 170 Å². The zero-order chi connectivity index (χ0) is 103. The fourth-order valence-corrected chi connectivity index (χ4v) is 22.0. The third-order valence-corrected chi connectivity index (χ3v) is 30.2. The summed E-state index contributed by atoms with van der Waals surface area (Å²) in [6.45, 7) is 17.6. The summed E-state index contributed by atoms with van der Waals surface area (Å²) in [4.78, 5) is 102. The summed E-state index contributed by atoms with van der Waals surface area (Å²) in [5, 5.41) is 30.7. The van der Waals surface area contributed by atoms with Crippen molar-refractivity contribution < 1.29 is 18.6 Å². The summed E-state index contributed by atoms with van der Waals surface area (Å²) in [6, 6.07) is 55.6. The summed E-state index contributed by atoms with van der Waals surface area (Å²) in [7, 11) is 6.29. The van der Waals surface area contributed by atoms with Crippen LogP contribution in [0.2, 0.25) is 0 Å². The first-order valence-electron chi connectivity index (χ1n) is 52.2. The fourth-order valence-electron chi connectivity index (χ4n) is 20.8. The Labute approximate surface area is 873 Å². The first-order valence-corrected chi connectivity index (χ1v) is 53.0. The van der Waals surface area contributed by atoms with Gasteiger partial charge in [-0.25, -0.2) is 24.6 Å². The van der Waals surface area contributed by atoms with Crippen molar-refractivity contribution in [3.8, 4) is 29.5 Å². The van der Waals surface area contributed by atoms with Crippen LogP contribution in [-0.2, 0) is 30.9 Å². The van der Waals surface area contributed by atoms with Gasteiger partial charge in [-0.3, -0.25) is 42.4 Å². The van der Waals surface area contributed by atoms with Gasteiger partial charge in [0.05, 0.1) is 68.7 Å². The molecule has 24 rings (SSSR count). The van der Waals surface area contributed by atoms with Gasteiger partial charge in [-0.15, -0.1) is 17.8 Å². The number of likely N-dealkylation sites (N-methyl/N-ethyl adjacent to an activating group) is 2. The lowest BCUT2D eigenvalue weighted by Gasteiger charge is -2.30. The number of allylic oxidation sites excluding steroid dienone is 2. The van der Waals surface area contributed by atoms with Crippen molar-refractivity contribution in [2.45, 2.75) is 166 Å². The van der Waals surface area contributed by atoms with Crippen LogP contribution in [0.1, 0.15) is 192 Å². The number of morpholine rings is 1. The highest BCUT2D eigenvalue weighted by molar-refractivity contribution is 7.12. The molecule has 4 saturated heterocycles. The Kier molecular flexibility index (Phi) is 30.9. The van der Waals surface area contributed by atoms with Gasteiger partial charge in [0.25, 0.3) is 22.2 Å². The molecule has 3 aliphatic carbocycles. The number of piperidine rings is 2. The van der Waals surface area contributed by atoms with Gasteiger partial charge in [0.1, 0.15) is 40.2 Å². The molecule has 34 heteroatoms. The number of benzene rings is 4. The molecule has 2 saturated carbocycles. The third kappa shape index (κ3) is 23.6.